The Morgan fingerprint density at radius 2 is 1.90 bits per heavy atom. The molecule has 6 nitrogen and oxygen atoms in total. The first-order valence-corrected chi connectivity index (χ1v) is 10.6. The smallest absolute Gasteiger partial charge is 0.254 e. The quantitative estimate of drug-likeness (QED) is 0.729. The number of rotatable bonds is 6. The van der Waals surface area contributed by atoms with Crippen molar-refractivity contribution in [3.8, 4) is 11.5 Å². The molecule has 0 N–H and O–H groups in total. The molecule has 1 unspecified atom stereocenters. The summed E-state index contributed by atoms with van der Waals surface area (Å²) in [5.41, 5.74) is 2.95. The van der Waals surface area contributed by atoms with Crippen LogP contribution in [-0.2, 0) is 11.3 Å². The summed E-state index contributed by atoms with van der Waals surface area (Å²) in [6, 6.07) is 13.9. The van der Waals surface area contributed by atoms with Crippen LogP contribution in [0.15, 0.2) is 42.5 Å². The van der Waals surface area contributed by atoms with E-state index in [4.69, 9.17) is 14.2 Å². The van der Waals surface area contributed by atoms with Crippen molar-refractivity contribution in [1.82, 2.24) is 9.80 Å². The van der Waals surface area contributed by atoms with Crippen molar-refractivity contribution in [1.29, 1.82) is 0 Å². The number of benzene rings is 2. The number of hydrogen-bond donors (Lipinski definition) is 0. The third-order valence-electron chi connectivity index (χ3n) is 6.00. The fourth-order valence-electron chi connectivity index (χ4n) is 4.41. The van der Waals surface area contributed by atoms with Gasteiger partial charge in [-0.3, -0.25) is 9.69 Å². The SMILES string of the molecule is COc1ccc(C2CCCN2C(=O)c2cccc(CN3CCOCC3)c2)c(OC)c1. The van der Waals surface area contributed by atoms with Gasteiger partial charge in [0.05, 0.1) is 33.5 Å². The zero-order chi connectivity index (χ0) is 20.9. The average molecular weight is 411 g/mol. The molecule has 4 rings (SSSR count). The number of likely N-dealkylation sites (tertiary alicyclic amines) is 1. The zero-order valence-electron chi connectivity index (χ0n) is 17.8. The summed E-state index contributed by atoms with van der Waals surface area (Å²) in [5.74, 6) is 1.60. The van der Waals surface area contributed by atoms with E-state index in [9.17, 15) is 4.79 Å². The molecule has 2 aliphatic rings. The van der Waals surface area contributed by atoms with Crippen LogP contribution >= 0.6 is 0 Å². The van der Waals surface area contributed by atoms with E-state index in [2.05, 4.69) is 11.0 Å². The van der Waals surface area contributed by atoms with Crippen LogP contribution in [0.4, 0.5) is 0 Å². The molecular formula is C24H30N2O4. The average Bonchev–Trinajstić information content (AvgIpc) is 3.28. The summed E-state index contributed by atoms with van der Waals surface area (Å²) >= 11 is 0. The lowest BCUT2D eigenvalue weighted by molar-refractivity contribution is 0.0341. The minimum atomic E-state index is 0.0151. The summed E-state index contributed by atoms with van der Waals surface area (Å²) in [5, 5.41) is 0. The van der Waals surface area contributed by atoms with Crippen LogP contribution < -0.4 is 9.47 Å². The number of methoxy groups -OCH3 is 2. The van der Waals surface area contributed by atoms with E-state index in [1.54, 1.807) is 14.2 Å². The Kier molecular flexibility index (Phi) is 6.55. The molecule has 1 atom stereocenters. The molecule has 30 heavy (non-hydrogen) atoms. The van der Waals surface area contributed by atoms with Crippen LogP contribution in [0.25, 0.3) is 0 Å². The van der Waals surface area contributed by atoms with Gasteiger partial charge < -0.3 is 19.1 Å². The molecule has 2 heterocycles. The van der Waals surface area contributed by atoms with E-state index < -0.39 is 0 Å². The fourth-order valence-corrected chi connectivity index (χ4v) is 4.41. The molecule has 0 spiro atoms. The second kappa shape index (κ2) is 9.49. The Bertz CT molecular complexity index is 879. The zero-order valence-corrected chi connectivity index (χ0v) is 17.8. The van der Waals surface area contributed by atoms with E-state index >= 15 is 0 Å². The standard InChI is InChI=1S/C24H30N2O4/c1-28-20-8-9-21(23(16-20)29-2)22-7-4-10-26(22)24(27)19-6-3-5-18(15-19)17-25-11-13-30-14-12-25/h3,5-6,8-9,15-16,22H,4,7,10-14,17H2,1-2H3. The molecule has 0 aromatic heterocycles. The predicted molar refractivity (Wildman–Crippen MR) is 115 cm³/mol. The van der Waals surface area contributed by atoms with Crippen molar-refractivity contribution < 1.29 is 19.0 Å². The van der Waals surface area contributed by atoms with Gasteiger partial charge in [0.25, 0.3) is 5.91 Å². The number of morpholine rings is 1. The van der Waals surface area contributed by atoms with Crippen LogP contribution in [0.5, 0.6) is 11.5 Å². The topological polar surface area (TPSA) is 51.2 Å². The van der Waals surface area contributed by atoms with Crippen molar-refractivity contribution in [3.63, 3.8) is 0 Å². The number of carbonyl (C=O) groups excluding carboxylic acids is 1. The highest BCUT2D eigenvalue weighted by Gasteiger charge is 2.32. The molecule has 2 fully saturated rings. The molecule has 2 aromatic carbocycles. The van der Waals surface area contributed by atoms with E-state index in [0.29, 0.717) is 0 Å². The van der Waals surface area contributed by atoms with Crippen LogP contribution in [0.2, 0.25) is 0 Å². The summed E-state index contributed by atoms with van der Waals surface area (Å²) in [6.45, 7) is 5.02. The van der Waals surface area contributed by atoms with Gasteiger partial charge >= 0.3 is 0 Å². The fraction of sp³-hybridized carbons (Fsp3) is 0.458. The van der Waals surface area contributed by atoms with Gasteiger partial charge in [-0.15, -0.1) is 0 Å². The highest BCUT2D eigenvalue weighted by molar-refractivity contribution is 5.95. The molecule has 0 radical (unpaired) electrons. The Labute approximate surface area is 178 Å². The molecule has 0 bridgehead atoms. The largest absolute Gasteiger partial charge is 0.497 e. The number of amides is 1. The van der Waals surface area contributed by atoms with Crippen LogP contribution in [-0.4, -0.2) is 62.8 Å². The highest BCUT2D eigenvalue weighted by atomic mass is 16.5. The predicted octanol–water partition coefficient (Wildman–Crippen LogP) is 3.51. The first-order valence-electron chi connectivity index (χ1n) is 10.6. The monoisotopic (exact) mass is 410 g/mol. The van der Waals surface area contributed by atoms with Crippen LogP contribution in [0, 0.1) is 0 Å². The first kappa shape index (κ1) is 20.7. The first-order chi connectivity index (χ1) is 14.7. The van der Waals surface area contributed by atoms with Crippen molar-refractivity contribution in [2.75, 3.05) is 47.1 Å². The summed E-state index contributed by atoms with van der Waals surface area (Å²) in [4.78, 5) is 17.8. The minimum Gasteiger partial charge on any atom is -0.497 e. The third-order valence-corrected chi connectivity index (χ3v) is 6.00. The third kappa shape index (κ3) is 4.45. The van der Waals surface area contributed by atoms with Gasteiger partial charge in [-0.05, 0) is 42.7 Å². The molecular weight excluding hydrogens is 380 g/mol. The second-order valence-corrected chi connectivity index (χ2v) is 7.85. The molecule has 2 saturated heterocycles. The van der Waals surface area contributed by atoms with Gasteiger partial charge in [0.15, 0.2) is 0 Å². The molecule has 2 aliphatic heterocycles. The van der Waals surface area contributed by atoms with Crippen LogP contribution in [0.1, 0.15) is 40.4 Å². The molecule has 160 valence electrons. The number of carbonyl (C=O) groups is 1. The molecule has 0 aliphatic carbocycles. The maximum atomic E-state index is 13.4. The van der Waals surface area contributed by atoms with Crippen molar-refractivity contribution in [3.05, 3.63) is 59.2 Å². The molecule has 0 saturated carbocycles. The lowest BCUT2D eigenvalue weighted by atomic mass is 10.0. The van der Waals surface area contributed by atoms with Gasteiger partial charge in [0, 0.05) is 43.4 Å². The molecule has 2 aromatic rings. The normalized spacial score (nSPS) is 19.7. The number of ether oxygens (including phenoxy) is 3. The van der Waals surface area contributed by atoms with Crippen molar-refractivity contribution in [2.45, 2.75) is 25.4 Å². The summed E-state index contributed by atoms with van der Waals surface area (Å²) in [7, 11) is 3.30. The minimum absolute atomic E-state index is 0.0151. The molecule has 6 heteroatoms. The van der Waals surface area contributed by atoms with Crippen molar-refractivity contribution >= 4 is 5.91 Å². The Morgan fingerprint density at radius 1 is 1.07 bits per heavy atom. The maximum absolute atomic E-state index is 13.4. The Morgan fingerprint density at radius 3 is 2.67 bits per heavy atom. The van der Waals surface area contributed by atoms with Gasteiger partial charge in [-0.2, -0.15) is 0 Å². The highest BCUT2D eigenvalue weighted by Crippen LogP contribution is 2.39. The maximum Gasteiger partial charge on any atom is 0.254 e. The van der Waals surface area contributed by atoms with E-state index in [0.717, 1.165) is 74.9 Å². The number of hydrogen-bond acceptors (Lipinski definition) is 5. The second-order valence-electron chi connectivity index (χ2n) is 7.85. The summed E-state index contributed by atoms with van der Waals surface area (Å²) < 4.78 is 16.4. The van der Waals surface area contributed by atoms with E-state index in [1.807, 2.05) is 41.3 Å². The van der Waals surface area contributed by atoms with Gasteiger partial charge in [0.2, 0.25) is 0 Å². The number of nitrogens with zero attached hydrogens (tertiary/aromatic N) is 2. The van der Waals surface area contributed by atoms with E-state index in [1.165, 1.54) is 5.56 Å². The van der Waals surface area contributed by atoms with Crippen molar-refractivity contribution in [2.24, 2.45) is 0 Å². The lowest BCUT2D eigenvalue weighted by Crippen LogP contribution is -2.35. The summed E-state index contributed by atoms with van der Waals surface area (Å²) in [6.07, 6.45) is 1.92. The Hall–Kier alpha value is -2.57. The van der Waals surface area contributed by atoms with Gasteiger partial charge in [-0.1, -0.05) is 12.1 Å². The Balaban J connectivity index is 1.53. The van der Waals surface area contributed by atoms with E-state index in [-0.39, 0.29) is 11.9 Å². The van der Waals surface area contributed by atoms with Gasteiger partial charge in [-0.25, -0.2) is 0 Å². The molecule has 1 amide bonds. The van der Waals surface area contributed by atoms with Crippen LogP contribution in [0.3, 0.4) is 0 Å². The lowest BCUT2D eigenvalue weighted by Gasteiger charge is -2.28. The van der Waals surface area contributed by atoms with Gasteiger partial charge in [0.1, 0.15) is 11.5 Å².